The average Bonchev–Trinajstić information content (AvgIpc) is 2.20. The van der Waals surface area contributed by atoms with Gasteiger partial charge in [-0.25, -0.2) is 0 Å². The third-order valence-electron chi connectivity index (χ3n) is 2.31. The minimum Gasteiger partial charge on any atom is -0.375 e. The lowest BCUT2D eigenvalue weighted by Crippen LogP contribution is -2.44. The normalized spacial score (nSPS) is 25.2. The third kappa shape index (κ3) is 2.67. The third-order valence-corrected chi connectivity index (χ3v) is 2.31. The number of hydrogen-bond donors (Lipinski definition) is 1. The van der Waals surface area contributed by atoms with Crippen molar-refractivity contribution >= 4 is 5.91 Å². The van der Waals surface area contributed by atoms with Gasteiger partial charge in [-0.1, -0.05) is 0 Å². The number of nitrogens with one attached hydrogen (secondary N) is 1. The zero-order valence-electron chi connectivity index (χ0n) is 8.21. The molecule has 1 saturated heterocycles. The highest BCUT2D eigenvalue weighted by atomic mass is 16.5. The SMILES string of the molecule is CNC(=O)C(OC)C1CCCCO1. The van der Waals surface area contributed by atoms with Crippen LogP contribution < -0.4 is 5.32 Å². The highest BCUT2D eigenvalue weighted by Gasteiger charge is 2.29. The molecule has 1 N–H and O–H groups in total. The molecule has 0 aromatic carbocycles. The first-order chi connectivity index (χ1) is 6.29. The highest BCUT2D eigenvalue weighted by Crippen LogP contribution is 2.17. The van der Waals surface area contributed by atoms with E-state index in [1.54, 1.807) is 7.05 Å². The van der Waals surface area contributed by atoms with E-state index in [-0.39, 0.29) is 12.0 Å². The molecule has 1 aliphatic heterocycles. The van der Waals surface area contributed by atoms with Crippen molar-refractivity contribution < 1.29 is 14.3 Å². The standard InChI is InChI=1S/C9H17NO3/c1-10-9(11)8(12-2)7-5-3-4-6-13-7/h7-8H,3-6H2,1-2H3,(H,10,11). The van der Waals surface area contributed by atoms with E-state index in [2.05, 4.69) is 5.32 Å². The number of carbonyl (C=O) groups excluding carboxylic acids is 1. The van der Waals surface area contributed by atoms with Crippen molar-refractivity contribution in [1.82, 2.24) is 5.32 Å². The molecule has 0 aliphatic carbocycles. The van der Waals surface area contributed by atoms with Crippen molar-refractivity contribution in [3.8, 4) is 0 Å². The maximum absolute atomic E-state index is 11.3. The van der Waals surface area contributed by atoms with Gasteiger partial charge in [0.05, 0.1) is 6.10 Å². The van der Waals surface area contributed by atoms with Crippen molar-refractivity contribution in [3.05, 3.63) is 0 Å². The molecular formula is C9H17NO3. The van der Waals surface area contributed by atoms with Crippen molar-refractivity contribution in [1.29, 1.82) is 0 Å². The van der Waals surface area contributed by atoms with E-state index in [4.69, 9.17) is 9.47 Å². The summed E-state index contributed by atoms with van der Waals surface area (Å²) in [6.07, 6.45) is 2.58. The summed E-state index contributed by atoms with van der Waals surface area (Å²) in [7, 11) is 3.15. The second-order valence-electron chi connectivity index (χ2n) is 3.18. The van der Waals surface area contributed by atoms with Crippen LogP contribution in [0.4, 0.5) is 0 Å². The molecule has 0 bridgehead atoms. The van der Waals surface area contributed by atoms with E-state index >= 15 is 0 Å². The fraction of sp³-hybridized carbons (Fsp3) is 0.889. The molecule has 0 spiro atoms. The van der Waals surface area contributed by atoms with Crippen LogP contribution in [-0.4, -0.2) is 38.9 Å². The second-order valence-corrected chi connectivity index (χ2v) is 3.18. The van der Waals surface area contributed by atoms with Crippen molar-refractivity contribution in [2.45, 2.75) is 31.5 Å². The fourth-order valence-electron chi connectivity index (χ4n) is 1.57. The lowest BCUT2D eigenvalue weighted by atomic mass is 10.0. The van der Waals surface area contributed by atoms with Gasteiger partial charge in [-0.15, -0.1) is 0 Å². The van der Waals surface area contributed by atoms with Crippen LogP contribution in [-0.2, 0) is 14.3 Å². The Morgan fingerprint density at radius 1 is 1.62 bits per heavy atom. The number of ether oxygens (including phenoxy) is 2. The summed E-state index contributed by atoms with van der Waals surface area (Å²) in [5.41, 5.74) is 0. The smallest absolute Gasteiger partial charge is 0.251 e. The number of methoxy groups -OCH3 is 1. The van der Waals surface area contributed by atoms with Crippen molar-refractivity contribution in [3.63, 3.8) is 0 Å². The largest absolute Gasteiger partial charge is 0.375 e. The number of carbonyl (C=O) groups is 1. The van der Waals surface area contributed by atoms with Crippen LogP contribution in [0.15, 0.2) is 0 Å². The Morgan fingerprint density at radius 2 is 2.38 bits per heavy atom. The van der Waals surface area contributed by atoms with Gasteiger partial charge in [-0.05, 0) is 19.3 Å². The molecule has 0 radical (unpaired) electrons. The van der Waals surface area contributed by atoms with E-state index in [1.165, 1.54) is 7.11 Å². The minimum absolute atomic E-state index is 0.0706. The first kappa shape index (κ1) is 10.5. The average molecular weight is 187 g/mol. The molecule has 13 heavy (non-hydrogen) atoms. The van der Waals surface area contributed by atoms with Crippen LogP contribution in [0, 0.1) is 0 Å². The number of likely N-dealkylation sites (N-methyl/N-ethyl adjacent to an activating group) is 1. The van der Waals surface area contributed by atoms with Gasteiger partial charge in [0.1, 0.15) is 0 Å². The van der Waals surface area contributed by atoms with Gasteiger partial charge in [0.15, 0.2) is 6.10 Å². The first-order valence-corrected chi connectivity index (χ1v) is 4.65. The molecule has 2 unspecified atom stereocenters. The maximum atomic E-state index is 11.3. The van der Waals surface area contributed by atoms with Gasteiger partial charge in [-0.2, -0.15) is 0 Å². The second kappa shape index (κ2) is 5.19. The molecule has 1 aliphatic rings. The predicted molar refractivity (Wildman–Crippen MR) is 48.5 cm³/mol. The van der Waals surface area contributed by atoms with E-state index in [0.717, 1.165) is 25.9 Å². The van der Waals surface area contributed by atoms with Gasteiger partial charge in [-0.3, -0.25) is 4.79 Å². The summed E-state index contributed by atoms with van der Waals surface area (Å²) in [6, 6.07) is 0. The molecule has 1 amide bonds. The number of rotatable bonds is 3. The van der Waals surface area contributed by atoms with Gasteiger partial charge in [0.25, 0.3) is 5.91 Å². The van der Waals surface area contributed by atoms with Gasteiger partial charge in [0.2, 0.25) is 0 Å². The summed E-state index contributed by atoms with van der Waals surface area (Å²) in [5.74, 6) is -0.102. The summed E-state index contributed by atoms with van der Waals surface area (Å²) < 4.78 is 10.6. The van der Waals surface area contributed by atoms with Crippen LogP contribution in [0.1, 0.15) is 19.3 Å². The van der Waals surface area contributed by atoms with Crippen LogP contribution in [0.2, 0.25) is 0 Å². The fourth-order valence-corrected chi connectivity index (χ4v) is 1.57. The van der Waals surface area contributed by atoms with E-state index < -0.39 is 6.10 Å². The maximum Gasteiger partial charge on any atom is 0.251 e. The van der Waals surface area contributed by atoms with E-state index in [0.29, 0.717) is 0 Å². The Labute approximate surface area is 78.6 Å². The summed E-state index contributed by atoms with van der Waals surface area (Å²) >= 11 is 0. The number of hydrogen-bond acceptors (Lipinski definition) is 3. The molecule has 1 rings (SSSR count). The zero-order chi connectivity index (χ0) is 9.68. The van der Waals surface area contributed by atoms with Crippen LogP contribution in [0.3, 0.4) is 0 Å². The Kier molecular flexibility index (Phi) is 4.18. The van der Waals surface area contributed by atoms with Crippen LogP contribution in [0.25, 0.3) is 0 Å². The molecule has 1 fully saturated rings. The highest BCUT2D eigenvalue weighted by molar-refractivity contribution is 5.81. The Hall–Kier alpha value is -0.610. The summed E-state index contributed by atoms with van der Waals surface area (Å²) in [5, 5.41) is 2.57. The molecule has 76 valence electrons. The van der Waals surface area contributed by atoms with E-state index in [9.17, 15) is 4.79 Å². The molecule has 0 aromatic heterocycles. The van der Waals surface area contributed by atoms with Crippen LogP contribution >= 0.6 is 0 Å². The zero-order valence-corrected chi connectivity index (χ0v) is 8.21. The lowest BCUT2D eigenvalue weighted by molar-refractivity contribution is -0.143. The van der Waals surface area contributed by atoms with Crippen molar-refractivity contribution in [2.24, 2.45) is 0 Å². The van der Waals surface area contributed by atoms with Gasteiger partial charge >= 0.3 is 0 Å². The molecule has 2 atom stereocenters. The Balaban J connectivity index is 2.48. The molecule has 4 heteroatoms. The van der Waals surface area contributed by atoms with Gasteiger partial charge in [0, 0.05) is 20.8 Å². The molecule has 0 aromatic rings. The predicted octanol–water partition coefficient (Wildman–Crippen LogP) is 0.316. The van der Waals surface area contributed by atoms with E-state index in [1.807, 2.05) is 0 Å². The Bertz CT molecular complexity index is 166. The summed E-state index contributed by atoms with van der Waals surface area (Å²) in [4.78, 5) is 11.3. The first-order valence-electron chi connectivity index (χ1n) is 4.65. The molecule has 4 nitrogen and oxygen atoms in total. The van der Waals surface area contributed by atoms with Crippen molar-refractivity contribution in [2.75, 3.05) is 20.8 Å². The Morgan fingerprint density at radius 3 is 2.85 bits per heavy atom. The topological polar surface area (TPSA) is 47.6 Å². The monoisotopic (exact) mass is 187 g/mol. The minimum atomic E-state index is -0.453. The molecular weight excluding hydrogens is 170 g/mol. The summed E-state index contributed by atoms with van der Waals surface area (Å²) in [6.45, 7) is 0.738. The van der Waals surface area contributed by atoms with Crippen LogP contribution in [0.5, 0.6) is 0 Å². The lowest BCUT2D eigenvalue weighted by Gasteiger charge is -2.28. The quantitative estimate of drug-likeness (QED) is 0.692. The molecule has 0 saturated carbocycles. The van der Waals surface area contributed by atoms with Gasteiger partial charge < -0.3 is 14.8 Å². The molecule has 1 heterocycles. The number of amides is 1.